The molecule has 0 aromatic heterocycles. The zero-order chi connectivity index (χ0) is 13.9. The van der Waals surface area contributed by atoms with Gasteiger partial charge in [0.25, 0.3) is 0 Å². The number of benzene rings is 1. The van der Waals surface area contributed by atoms with E-state index in [4.69, 9.17) is 11.6 Å². The van der Waals surface area contributed by atoms with Gasteiger partial charge >= 0.3 is 0 Å². The van der Waals surface area contributed by atoms with Crippen molar-refractivity contribution in [3.8, 4) is 5.75 Å². The van der Waals surface area contributed by atoms with E-state index in [1.165, 1.54) is 14.2 Å². The van der Waals surface area contributed by atoms with Gasteiger partial charge in [-0.05, 0) is 6.07 Å². The SMILES string of the molecule is COc1cc(F)c(C(N)CC(=O)N(C)N)cc1F. The quantitative estimate of drug-likeness (QED) is 0.473. The average Bonchev–Trinajstić information content (AvgIpc) is 2.31. The van der Waals surface area contributed by atoms with Gasteiger partial charge in [0.2, 0.25) is 5.91 Å². The number of hydrazine groups is 1. The van der Waals surface area contributed by atoms with Crippen LogP contribution in [0.25, 0.3) is 0 Å². The monoisotopic (exact) mass is 259 g/mol. The number of hydrogen-bond donors (Lipinski definition) is 2. The Balaban J connectivity index is 2.96. The summed E-state index contributed by atoms with van der Waals surface area (Å²) in [5.41, 5.74) is 5.55. The highest BCUT2D eigenvalue weighted by atomic mass is 19.1. The highest BCUT2D eigenvalue weighted by molar-refractivity contribution is 5.76. The Hall–Kier alpha value is -1.73. The highest BCUT2D eigenvalue weighted by Gasteiger charge is 2.19. The molecule has 1 unspecified atom stereocenters. The lowest BCUT2D eigenvalue weighted by molar-refractivity contribution is -0.130. The Morgan fingerprint density at radius 2 is 2.06 bits per heavy atom. The van der Waals surface area contributed by atoms with E-state index >= 15 is 0 Å². The summed E-state index contributed by atoms with van der Waals surface area (Å²) in [4.78, 5) is 11.3. The molecule has 1 rings (SSSR count). The molecule has 1 aromatic carbocycles. The van der Waals surface area contributed by atoms with Crippen molar-refractivity contribution >= 4 is 5.91 Å². The van der Waals surface area contributed by atoms with Crippen LogP contribution in [-0.2, 0) is 4.79 Å². The van der Waals surface area contributed by atoms with E-state index in [1.807, 2.05) is 0 Å². The second kappa shape index (κ2) is 5.74. The standard InChI is InChI=1S/C11H15F2N3O2/c1-16(15)11(17)5-9(14)6-3-8(13)10(18-2)4-7(6)12/h3-4,9H,5,14-15H2,1-2H3. The summed E-state index contributed by atoms with van der Waals surface area (Å²) >= 11 is 0. The number of rotatable bonds is 4. The molecule has 0 aliphatic carbocycles. The predicted molar refractivity (Wildman–Crippen MR) is 61.4 cm³/mol. The lowest BCUT2D eigenvalue weighted by atomic mass is 10.0. The average molecular weight is 259 g/mol. The number of methoxy groups -OCH3 is 1. The van der Waals surface area contributed by atoms with Crippen LogP contribution in [-0.4, -0.2) is 25.1 Å². The van der Waals surface area contributed by atoms with Crippen LogP contribution in [0, 0.1) is 11.6 Å². The zero-order valence-corrected chi connectivity index (χ0v) is 10.1. The van der Waals surface area contributed by atoms with E-state index in [-0.39, 0.29) is 17.7 Å². The summed E-state index contributed by atoms with van der Waals surface area (Å²) in [6.45, 7) is 0. The molecule has 0 heterocycles. The van der Waals surface area contributed by atoms with Crippen LogP contribution in [0.15, 0.2) is 12.1 Å². The van der Waals surface area contributed by atoms with Crippen LogP contribution in [0.2, 0.25) is 0 Å². The van der Waals surface area contributed by atoms with Crippen molar-refractivity contribution in [1.29, 1.82) is 0 Å². The molecule has 0 aliphatic heterocycles. The van der Waals surface area contributed by atoms with Gasteiger partial charge in [-0.15, -0.1) is 0 Å². The molecule has 1 aromatic rings. The van der Waals surface area contributed by atoms with Crippen molar-refractivity contribution in [3.05, 3.63) is 29.3 Å². The van der Waals surface area contributed by atoms with E-state index in [2.05, 4.69) is 4.74 Å². The van der Waals surface area contributed by atoms with Crippen molar-refractivity contribution in [2.24, 2.45) is 11.6 Å². The third-order valence-corrected chi connectivity index (χ3v) is 2.46. The minimum atomic E-state index is -0.969. The molecule has 18 heavy (non-hydrogen) atoms. The zero-order valence-electron chi connectivity index (χ0n) is 10.1. The number of amides is 1. The van der Waals surface area contributed by atoms with Gasteiger partial charge in [-0.25, -0.2) is 14.6 Å². The van der Waals surface area contributed by atoms with Gasteiger partial charge in [0.1, 0.15) is 5.82 Å². The van der Waals surface area contributed by atoms with E-state index in [9.17, 15) is 13.6 Å². The second-order valence-corrected chi connectivity index (χ2v) is 3.82. The van der Waals surface area contributed by atoms with Gasteiger partial charge < -0.3 is 10.5 Å². The highest BCUT2D eigenvalue weighted by Crippen LogP contribution is 2.25. The van der Waals surface area contributed by atoms with Gasteiger partial charge in [-0.3, -0.25) is 9.80 Å². The maximum Gasteiger partial charge on any atom is 0.238 e. The van der Waals surface area contributed by atoms with Crippen molar-refractivity contribution in [1.82, 2.24) is 5.01 Å². The summed E-state index contributed by atoms with van der Waals surface area (Å²) in [5, 5.41) is 0.845. The van der Waals surface area contributed by atoms with Crippen LogP contribution in [0.5, 0.6) is 5.75 Å². The molecule has 0 fully saturated rings. The third kappa shape index (κ3) is 3.14. The van der Waals surface area contributed by atoms with Gasteiger partial charge in [0.15, 0.2) is 11.6 Å². The minimum Gasteiger partial charge on any atom is -0.494 e. The molecule has 100 valence electrons. The van der Waals surface area contributed by atoms with Crippen molar-refractivity contribution in [2.45, 2.75) is 12.5 Å². The van der Waals surface area contributed by atoms with Crippen LogP contribution in [0.1, 0.15) is 18.0 Å². The summed E-state index contributed by atoms with van der Waals surface area (Å²) in [5.74, 6) is 3.06. The number of halogens is 2. The summed E-state index contributed by atoms with van der Waals surface area (Å²) in [7, 11) is 2.57. The van der Waals surface area contributed by atoms with Crippen molar-refractivity contribution in [2.75, 3.05) is 14.2 Å². The number of nitrogens with two attached hydrogens (primary N) is 2. The fourth-order valence-corrected chi connectivity index (χ4v) is 1.43. The normalized spacial score (nSPS) is 12.1. The molecule has 1 amide bonds. The van der Waals surface area contributed by atoms with Gasteiger partial charge in [0, 0.05) is 31.1 Å². The maximum atomic E-state index is 13.6. The van der Waals surface area contributed by atoms with Gasteiger partial charge in [-0.2, -0.15) is 0 Å². The molecule has 0 saturated carbocycles. The Labute approximate surface area is 103 Å². The van der Waals surface area contributed by atoms with E-state index in [0.717, 1.165) is 17.1 Å². The fourth-order valence-electron chi connectivity index (χ4n) is 1.43. The Bertz CT molecular complexity index is 452. The third-order valence-electron chi connectivity index (χ3n) is 2.46. The Morgan fingerprint density at radius 1 is 1.44 bits per heavy atom. The van der Waals surface area contributed by atoms with E-state index in [0.29, 0.717) is 0 Å². The van der Waals surface area contributed by atoms with E-state index < -0.39 is 23.6 Å². The Morgan fingerprint density at radius 3 is 2.56 bits per heavy atom. The first-order valence-electron chi connectivity index (χ1n) is 5.16. The molecule has 0 aliphatic rings. The van der Waals surface area contributed by atoms with Crippen LogP contribution < -0.4 is 16.3 Å². The lowest BCUT2D eigenvalue weighted by Crippen LogP contribution is -2.35. The summed E-state index contributed by atoms with van der Waals surface area (Å²) in [6.07, 6.45) is -0.213. The number of carbonyl (C=O) groups is 1. The van der Waals surface area contributed by atoms with Gasteiger partial charge in [0.05, 0.1) is 7.11 Å². The molecule has 0 spiro atoms. The van der Waals surface area contributed by atoms with E-state index in [1.54, 1.807) is 0 Å². The molecule has 0 bridgehead atoms. The first kappa shape index (κ1) is 14.3. The molecular formula is C11H15F2N3O2. The number of nitrogens with zero attached hydrogens (tertiary/aromatic N) is 1. The van der Waals surface area contributed by atoms with Crippen molar-refractivity contribution in [3.63, 3.8) is 0 Å². The largest absolute Gasteiger partial charge is 0.494 e. The molecule has 0 saturated heterocycles. The summed E-state index contributed by atoms with van der Waals surface area (Å²) in [6, 6.07) is 0.841. The molecular weight excluding hydrogens is 244 g/mol. The predicted octanol–water partition coefficient (Wildman–Crippen LogP) is 0.695. The first-order valence-corrected chi connectivity index (χ1v) is 5.16. The molecule has 0 radical (unpaired) electrons. The maximum absolute atomic E-state index is 13.6. The first-order chi connectivity index (χ1) is 8.36. The Kier molecular flexibility index (Phi) is 4.57. The van der Waals surface area contributed by atoms with Gasteiger partial charge in [-0.1, -0.05) is 0 Å². The topological polar surface area (TPSA) is 81.6 Å². The van der Waals surface area contributed by atoms with Crippen molar-refractivity contribution < 1.29 is 18.3 Å². The number of ether oxygens (including phenoxy) is 1. The van der Waals surface area contributed by atoms with Crippen LogP contribution in [0.3, 0.4) is 0 Å². The summed E-state index contributed by atoms with van der Waals surface area (Å²) < 4.78 is 31.7. The minimum absolute atomic E-state index is 0.0940. The molecule has 7 heteroatoms. The number of carbonyl (C=O) groups excluding carboxylic acids is 1. The van der Waals surface area contributed by atoms with Crippen LogP contribution >= 0.6 is 0 Å². The molecule has 5 nitrogen and oxygen atoms in total. The smallest absolute Gasteiger partial charge is 0.238 e. The molecule has 1 atom stereocenters. The fraction of sp³-hybridized carbons (Fsp3) is 0.364. The molecule has 4 N–H and O–H groups in total. The number of hydrogen-bond acceptors (Lipinski definition) is 4. The second-order valence-electron chi connectivity index (χ2n) is 3.82. The lowest BCUT2D eigenvalue weighted by Gasteiger charge is -2.16. The van der Waals surface area contributed by atoms with Crippen LogP contribution in [0.4, 0.5) is 8.78 Å².